The molecule has 1 heterocycles. The third-order valence-corrected chi connectivity index (χ3v) is 3.03. The van der Waals surface area contributed by atoms with Gasteiger partial charge in [-0.05, 0) is 38.6 Å². The van der Waals surface area contributed by atoms with E-state index in [0.29, 0.717) is 11.4 Å². The maximum absolute atomic E-state index is 12.2. The zero-order chi connectivity index (χ0) is 15.5. The molecule has 0 aliphatic heterocycles. The third kappa shape index (κ3) is 3.95. The molecule has 0 fully saturated rings. The van der Waals surface area contributed by atoms with E-state index in [1.54, 1.807) is 0 Å². The average molecular weight is 287 g/mol. The lowest BCUT2D eigenvalue weighted by atomic mass is 10.1. The molecule has 0 unspecified atom stereocenters. The Kier molecular flexibility index (Phi) is 4.47. The largest absolute Gasteiger partial charge is 0.316 e. The molecule has 21 heavy (non-hydrogen) atoms. The Balaban J connectivity index is 2.05. The lowest BCUT2D eigenvalue weighted by Crippen LogP contribution is -2.24. The van der Waals surface area contributed by atoms with Gasteiger partial charge in [0.15, 0.2) is 11.6 Å². The van der Waals surface area contributed by atoms with E-state index in [9.17, 15) is 4.79 Å². The van der Waals surface area contributed by atoms with Gasteiger partial charge in [0.1, 0.15) is 0 Å². The number of aromatic nitrogens is 4. The summed E-state index contributed by atoms with van der Waals surface area (Å²) in [5.74, 6) is 0.452. The summed E-state index contributed by atoms with van der Waals surface area (Å²) >= 11 is 0. The number of nitrogens with one attached hydrogen (secondary N) is 1. The lowest BCUT2D eigenvalue weighted by Gasteiger charge is -2.15. The van der Waals surface area contributed by atoms with Crippen molar-refractivity contribution in [3.05, 3.63) is 41.2 Å². The number of carbonyl (C=O) groups is 1. The van der Waals surface area contributed by atoms with E-state index in [0.717, 1.165) is 12.1 Å². The first-order valence-electron chi connectivity index (χ1n) is 6.96. The number of hydrogen-bond donors (Lipinski definition) is 1. The zero-order valence-corrected chi connectivity index (χ0v) is 12.9. The molecule has 0 spiro atoms. The van der Waals surface area contributed by atoms with Crippen LogP contribution in [-0.2, 0) is 18.5 Å². The second-order valence-corrected chi connectivity index (χ2v) is 5.99. The van der Waals surface area contributed by atoms with Crippen LogP contribution in [0.1, 0.15) is 42.5 Å². The van der Waals surface area contributed by atoms with E-state index < -0.39 is 0 Å². The number of nitrogens with zero attached hydrogens (tertiary/aromatic N) is 4. The Bertz CT molecular complexity index is 610. The highest BCUT2D eigenvalue weighted by Crippen LogP contribution is 2.11. The Morgan fingerprint density at radius 3 is 2.43 bits per heavy atom. The van der Waals surface area contributed by atoms with Crippen LogP contribution in [0, 0.1) is 0 Å². The maximum Gasteiger partial charge on any atom is 0.182 e. The Morgan fingerprint density at radius 2 is 1.90 bits per heavy atom. The minimum atomic E-state index is -0.233. The number of tetrazole rings is 1. The zero-order valence-electron chi connectivity index (χ0n) is 12.9. The third-order valence-electron chi connectivity index (χ3n) is 3.03. The molecular weight excluding hydrogens is 266 g/mol. The highest BCUT2D eigenvalue weighted by atomic mass is 16.1. The number of hydrogen-bond acceptors (Lipinski definition) is 5. The molecule has 0 radical (unpaired) electrons. The lowest BCUT2D eigenvalue weighted by molar-refractivity contribution is 0.0990. The molecule has 1 aromatic heterocycles. The van der Waals surface area contributed by atoms with Crippen molar-refractivity contribution in [2.24, 2.45) is 0 Å². The van der Waals surface area contributed by atoms with E-state index in [1.807, 2.05) is 52.1 Å². The molecule has 2 rings (SSSR count). The summed E-state index contributed by atoms with van der Waals surface area (Å²) in [4.78, 5) is 13.7. The van der Waals surface area contributed by atoms with Gasteiger partial charge in [0.25, 0.3) is 0 Å². The molecule has 0 atom stereocenters. The predicted molar refractivity (Wildman–Crippen MR) is 80.1 cm³/mol. The Morgan fingerprint density at radius 1 is 1.24 bits per heavy atom. The van der Waals surface area contributed by atoms with E-state index in [-0.39, 0.29) is 17.7 Å². The average Bonchev–Trinajstić information content (AvgIpc) is 2.88. The topological polar surface area (TPSA) is 72.7 Å². The van der Waals surface area contributed by atoms with Crippen molar-refractivity contribution in [3.8, 4) is 0 Å². The van der Waals surface area contributed by atoms with E-state index in [1.165, 1.54) is 4.80 Å². The van der Waals surface area contributed by atoms with Gasteiger partial charge in [-0.1, -0.05) is 24.3 Å². The van der Waals surface area contributed by atoms with Crippen molar-refractivity contribution in [1.82, 2.24) is 25.5 Å². The normalized spacial score (nSPS) is 11.6. The molecule has 1 aromatic carbocycles. The summed E-state index contributed by atoms with van der Waals surface area (Å²) in [6.45, 7) is 6.75. The van der Waals surface area contributed by atoms with Gasteiger partial charge >= 0.3 is 0 Å². The summed E-state index contributed by atoms with van der Waals surface area (Å²) < 4.78 is 0. The minimum absolute atomic E-state index is 0.000494. The fourth-order valence-electron chi connectivity index (χ4n) is 1.86. The van der Waals surface area contributed by atoms with Crippen LogP contribution in [0.4, 0.5) is 0 Å². The van der Waals surface area contributed by atoms with Gasteiger partial charge in [0.05, 0.1) is 12.0 Å². The Labute approximate surface area is 124 Å². The molecule has 6 nitrogen and oxygen atoms in total. The van der Waals surface area contributed by atoms with Crippen LogP contribution in [-0.4, -0.2) is 33.0 Å². The van der Waals surface area contributed by atoms with Gasteiger partial charge in [-0.15, -0.1) is 10.2 Å². The predicted octanol–water partition coefficient (Wildman–Crippen LogP) is 1.57. The van der Waals surface area contributed by atoms with Crippen LogP contribution >= 0.6 is 0 Å². The molecule has 0 amide bonds. The molecule has 0 bridgehead atoms. The van der Waals surface area contributed by atoms with Crippen molar-refractivity contribution in [1.29, 1.82) is 0 Å². The maximum atomic E-state index is 12.2. The van der Waals surface area contributed by atoms with E-state index in [2.05, 4.69) is 20.7 Å². The molecule has 0 saturated carbocycles. The van der Waals surface area contributed by atoms with E-state index >= 15 is 0 Å². The fraction of sp³-hybridized carbons (Fsp3) is 0.467. The standard InChI is InChI=1S/C15H21N5O/c1-15(2,3)20-18-14(17-19-20)9-13(21)12-7-5-11(6-8-12)10-16-4/h5-8,16H,9-10H2,1-4H3. The number of benzene rings is 1. The number of rotatable bonds is 5. The second kappa shape index (κ2) is 6.13. The molecule has 1 N–H and O–H groups in total. The van der Waals surface area contributed by atoms with Gasteiger partial charge in [0, 0.05) is 12.1 Å². The summed E-state index contributed by atoms with van der Waals surface area (Å²) in [5.41, 5.74) is 1.58. The molecular formula is C15H21N5O. The van der Waals surface area contributed by atoms with Crippen molar-refractivity contribution in [3.63, 3.8) is 0 Å². The minimum Gasteiger partial charge on any atom is -0.316 e. The van der Waals surface area contributed by atoms with Crippen molar-refractivity contribution < 1.29 is 4.79 Å². The molecule has 0 aliphatic carbocycles. The molecule has 0 aliphatic rings. The van der Waals surface area contributed by atoms with Gasteiger partial charge in [-0.3, -0.25) is 4.79 Å². The molecule has 0 saturated heterocycles. The summed E-state index contributed by atoms with van der Waals surface area (Å²) in [6, 6.07) is 7.57. The van der Waals surface area contributed by atoms with Crippen LogP contribution in [0.2, 0.25) is 0 Å². The molecule has 112 valence electrons. The Hall–Kier alpha value is -2.08. The quantitative estimate of drug-likeness (QED) is 0.845. The van der Waals surface area contributed by atoms with Crippen molar-refractivity contribution in [2.75, 3.05) is 7.05 Å². The van der Waals surface area contributed by atoms with Gasteiger partial charge in [-0.25, -0.2) is 0 Å². The SMILES string of the molecule is CNCc1ccc(C(=O)Cc2nnn(C(C)(C)C)n2)cc1. The highest BCUT2D eigenvalue weighted by molar-refractivity contribution is 5.97. The van der Waals surface area contributed by atoms with Crippen molar-refractivity contribution >= 4 is 5.78 Å². The number of ketones is 1. The summed E-state index contributed by atoms with van der Waals surface area (Å²) in [7, 11) is 1.89. The first kappa shape index (κ1) is 15.3. The van der Waals surface area contributed by atoms with Crippen LogP contribution in [0.3, 0.4) is 0 Å². The van der Waals surface area contributed by atoms with Gasteiger partial charge in [0.2, 0.25) is 0 Å². The highest BCUT2D eigenvalue weighted by Gasteiger charge is 2.18. The fourth-order valence-corrected chi connectivity index (χ4v) is 1.86. The molecule has 2 aromatic rings. The number of carbonyl (C=O) groups excluding carboxylic acids is 1. The van der Waals surface area contributed by atoms with Crippen LogP contribution < -0.4 is 5.32 Å². The first-order valence-corrected chi connectivity index (χ1v) is 6.96. The van der Waals surface area contributed by atoms with E-state index in [4.69, 9.17) is 0 Å². The van der Waals surface area contributed by atoms with Crippen LogP contribution in [0.5, 0.6) is 0 Å². The second-order valence-electron chi connectivity index (χ2n) is 5.99. The monoisotopic (exact) mass is 287 g/mol. The van der Waals surface area contributed by atoms with Gasteiger partial charge < -0.3 is 5.32 Å². The smallest absolute Gasteiger partial charge is 0.182 e. The number of Topliss-reactive ketones (excluding diaryl/α,β-unsaturated/α-hetero) is 1. The van der Waals surface area contributed by atoms with Crippen LogP contribution in [0.15, 0.2) is 24.3 Å². The molecule has 6 heteroatoms. The summed E-state index contributed by atoms with van der Waals surface area (Å²) in [5, 5.41) is 15.3. The van der Waals surface area contributed by atoms with Crippen molar-refractivity contribution in [2.45, 2.75) is 39.3 Å². The van der Waals surface area contributed by atoms with Gasteiger partial charge in [-0.2, -0.15) is 4.80 Å². The summed E-state index contributed by atoms with van der Waals surface area (Å²) in [6.07, 6.45) is 0.168. The van der Waals surface area contributed by atoms with Crippen LogP contribution in [0.25, 0.3) is 0 Å². The first-order chi connectivity index (χ1) is 9.90.